The van der Waals surface area contributed by atoms with E-state index in [2.05, 4.69) is 56.5 Å². The van der Waals surface area contributed by atoms with Crippen molar-refractivity contribution in [2.24, 2.45) is 0 Å². The number of amides is 1. The minimum Gasteiger partial charge on any atom is -0.495 e. The first-order chi connectivity index (χ1) is 15.6. The van der Waals surface area contributed by atoms with Crippen LogP contribution in [0.1, 0.15) is 48.0 Å². The average Bonchev–Trinajstić information content (AvgIpc) is 2.80. The molecule has 3 aromatic carbocycles. The zero-order chi connectivity index (χ0) is 22.1. The molecule has 0 saturated carbocycles. The SMILES string of the molecule is COc1c(C(=O)NC2C[C@H]3CCC[C@@H](C2)N3Cc2ccccc2)cc(Br)c2ccccc12. The fourth-order valence-electron chi connectivity index (χ4n) is 5.60. The van der Waals surface area contributed by atoms with Crippen molar-refractivity contribution in [1.82, 2.24) is 10.2 Å². The van der Waals surface area contributed by atoms with E-state index in [-0.39, 0.29) is 11.9 Å². The van der Waals surface area contributed by atoms with Gasteiger partial charge in [-0.3, -0.25) is 9.69 Å². The molecule has 2 fully saturated rings. The van der Waals surface area contributed by atoms with Gasteiger partial charge in [-0.25, -0.2) is 0 Å². The summed E-state index contributed by atoms with van der Waals surface area (Å²) in [5.41, 5.74) is 1.97. The summed E-state index contributed by atoms with van der Waals surface area (Å²) in [6.45, 7) is 1.00. The molecular weight excluding hydrogens is 464 g/mol. The zero-order valence-corrected chi connectivity index (χ0v) is 20.0. The molecule has 2 saturated heterocycles. The molecule has 2 bridgehead atoms. The molecule has 2 heterocycles. The Morgan fingerprint density at radius 2 is 1.69 bits per heavy atom. The number of methoxy groups -OCH3 is 1. The quantitative estimate of drug-likeness (QED) is 0.479. The highest BCUT2D eigenvalue weighted by Gasteiger charge is 2.38. The molecule has 2 aliphatic rings. The van der Waals surface area contributed by atoms with Gasteiger partial charge in [-0.15, -0.1) is 0 Å². The third-order valence-corrected chi connectivity index (χ3v) is 7.72. The second-order valence-electron chi connectivity index (χ2n) is 9.02. The summed E-state index contributed by atoms with van der Waals surface area (Å²) in [7, 11) is 1.64. The first-order valence-corrected chi connectivity index (χ1v) is 12.3. The van der Waals surface area contributed by atoms with Crippen LogP contribution in [-0.2, 0) is 6.54 Å². The van der Waals surface area contributed by atoms with Gasteiger partial charge in [-0.1, -0.05) is 76.9 Å². The molecule has 0 aromatic heterocycles. The highest BCUT2D eigenvalue weighted by molar-refractivity contribution is 9.10. The van der Waals surface area contributed by atoms with Gasteiger partial charge < -0.3 is 10.1 Å². The van der Waals surface area contributed by atoms with Crippen LogP contribution in [0, 0.1) is 0 Å². The number of hydrogen-bond donors (Lipinski definition) is 1. The van der Waals surface area contributed by atoms with Gasteiger partial charge in [0.25, 0.3) is 5.91 Å². The Morgan fingerprint density at radius 3 is 2.38 bits per heavy atom. The van der Waals surface area contributed by atoms with E-state index in [1.165, 1.54) is 24.8 Å². The summed E-state index contributed by atoms with van der Waals surface area (Å²) in [6.07, 6.45) is 5.71. The van der Waals surface area contributed by atoms with Crippen molar-refractivity contribution >= 4 is 32.6 Å². The maximum atomic E-state index is 13.4. The van der Waals surface area contributed by atoms with Gasteiger partial charge in [-0.2, -0.15) is 0 Å². The number of benzene rings is 3. The van der Waals surface area contributed by atoms with Gasteiger partial charge in [0.2, 0.25) is 0 Å². The van der Waals surface area contributed by atoms with Crippen molar-refractivity contribution in [3.63, 3.8) is 0 Å². The molecule has 5 heteroatoms. The second kappa shape index (κ2) is 9.24. The topological polar surface area (TPSA) is 41.6 Å². The fraction of sp³-hybridized carbons (Fsp3) is 0.370. The van der Waals surface area contributed by atoms with Crippen LogP contribution >= 0.6 is 15.9 Å². The first-order valence-electron chi connectivity index (χ1n) is 11.5. The van der Waals surface area contributed by atoms with E-state index in [4.69, 9.17) is 4.74 Å². The second-order valence-corrected chi connectivity index (χ2v) is 9.88. The Bertz CT molecular complexity index is 1100. The first kappa shape index (κ1) is 21.5. The van der Waals surface area contributed by atoms with Gasteiger partial charge in [0.15, 0.2) is 0 Å². The summed E-state index contributed by atoms with van der Waals surface area (Å²) in [6, 6.07) is 21.9. The minimum atomic E-state index is -0.0483. The van der Waals surface area contributed by atoms with Gasteiger partial charge >= 0.3 is 0 Å². The van der Waals surface area contributed by atoms with Gasteiger partial charge in [0.1, 0.15) is 5.75 Å². The van der Waals surface area contributed by atoms with Crippen molar-refractivity contribution in [3.8, 4) is 5.75 Å². The Morgan fingerprint density at radius 1 is 1.03 bits per heavy atom. The Balaban J connectivity index is 1.34. The number of piperidine rings is 2. The van der Waals surface area contributed by atoms with Crippen LogP contribution in [0.25, 0.3) is 10.8 Å². The number of halogens is 1. The highest BCUT2D eigenvalue weighted by atomic mass is 79.9. The summed E-state index contributed by atoms with van der Waals surface area (Å²) < 4.78 is 6.60. The van der Waals surface area contributed by atoms with Crippen molar-refractivity contribution < 1.29 is 9.53 Å². The molecule has 0 aliphatic carbocycles. The summed E-state index contributed by atoms with van der Waals surface area (Å²) in [4.78, 5) is 16.0. The predicted molar refractivity (Wildman–Crippen MR) is 132 cm³/mol. The molecule has 1 amide bonds. The summed E-state index contributed by atoms with van der Waals surface area (Å²) in [5.74, 6) is 0.593. The molecule has 2 aliphatic heterocycles. The number of nitrogens with one attached hydrogen (secondary N) is 1. The lowest BCUT2D eigenvalue weighted by molar-refractivity contribution is 0.0177. The maximum absolute atomic E-state index is 13.4. The maximum Gasteiger partial charge on any atom is 0.255 e. The third-order valence-electron chi connectivity index (χ3n) is 7.06. The number of ether oxygens (including phenoxy) is 1. The van der Waals surface area contributed by atoms with Crippen LogP contribution < -0.4 is 10.1 Å². The zero-order valence-electron chi connectivity index (χ0n) is 18.4. The molecule has 4 nitrogen and oxygen atoms in total. The lowest BCUT2D eigenvalue weighted by Crippen LogP contribution is -2.56. The summed E-state index contributed by atoms with van der Waals surface area (Å²) in [5, 5.41) is 5.34. The average molecular weight is 493 g/mol. The molecule has 0 spiro atoms. The van der Waals surface area contributed by atoms with Crippen molar-refractivity contribution in [2.75, 3.05) is 7.11 Å². The van der Waals surface area contributed by atoms with E-state index in [9.17, 15) is 4.79 Å². The van der Waals surface area contributed by atoms with E-state index in [1.54, 1.807) is 7.11 Å². The van der Waals surface area contributed by atoms with E-state index in [1.807, 2.05) is 30.3 Å². The molecule has 3 aromatic rings. The Kier molecular flexibility index (Phi) is 6.20. The predicted octanol–water partition coefficient (Wildman–Crippen LogP) is 5.93. The molecule has 32 heavy (non-hydrogen) atoms. The largest absolute Gasteiger partial charge is 0.495 e. The normalized spacial score (nSPS) is 23.1. The van der Waals surface area contributed by atoms with E-state index in [0.717, 1.165) is 34.6 Å². The lowest BCUT2D eigenvalue weighted by Gasteiger charge is -2.49. The summed E-state index contributed by atoms with van der Waals surface area (Å²) >= 11 is 3.64. The van der Waals surface area contributed by atoms with Crippen LogP contribution in [0.5, 0.6) is 5.75 Å². The lowest BCUT2D eigenvalue weighted by atomic mass is 9.81. The van der Waals surface area contributed by atoms with Crippen LogP contribution in [0.4, 0.5) is 0 Å². The molecule has 1 unspecified atom stereocenters. The Labute approximate surface area is 198 Å². The van der Waals surface area contributed by atoms with E-state index in [0.29, 0.717) is 23.4 Å². The number of hydrogen-bond acceptors (Lipinski definition) is 3. The molecule has 5 rings (SSSR count). The van der Waals surface area contributed by atoms with Crippen LogP contribution in [0.15, 0.2) is 65.1 Å². The minimum absolute atomic E-state index is 0.0483. The molecular formula is C27H29BrN2O2. The van der Waals surface area contributed by atoms with Crippen molar-refractivity contribution in [2.45, 2.75) is 56.8 Å². The number of fused-ring (bicyclic) bond motifs is 3. The van der Waals surface area contributed by atoms with Gasteiger partial charge in [0, 0.05) is 34.5 Å². The van der Waals surface area contributed by atoms with Crippen molar-refractivity contribution in [1.29, 1.82) is 0 Å². The monoisotopic (exact) mass is 492 g/mol. The van der Waals surface area contributed by atoms with Crippen LogP contribution in [0.2, 0.25) is 0 Å². The number of carbonyl (C=O) groups excluding carboxylic acids is 1. The number of rotatable bonds is 5. The number of nitrogens with zero attached hydrogens (tertiary/aromatic N) is 1. The molecule has 166 valence electrons. The standard InChI is InChI=1S/C27H29BrN2O2/c1-32-26-23-13-6-5-12-22(23)25(28)16-24(26)27(31)29-19-14-20-10-7-11-21(15-19)30(20)17-18-8-3-2-4-9-18/h2-6,8-9,12-13,16,19-21H,7,10-11,14-15,17H2,1H3,(H,29,31)/t19?,20-,21+. The van der Waals surface area contributed by atoms with Crippen LogP contribution in [0.3, 0.4) is 0 Å². The molecule has 0 radical (unpaired) electrons. The third kappa shape index (κ3) is 4.16. The van der Waals surface area contributed by atoms with Crippen molar-refractivity contribution in [3.05, 3.63) is 76.3 Å². The van der Waals surface area contributed by atoms with Crippen LogP contribution in [-0.4, -0.2) is 36.0 Å². The number of carbonyl (C=O) groups is 1. The van der Waals surface area contributed by atoms with E-state index >= 15 is 0 Å². The smallest absolute Gasteiger partial charge is 0.255 e. The Hall–Kier alpha value is -2.37. The fourth-order valence-corrected chi connectivity index (χ4v) is 6.18. The van der Waals surface area contributed by atoms with Gasteiger partial charge in [-0.05, 0) is 42.7 Å². The van der Waals surface area contributed by atoms with E-state index < -0.39 is 0 Å². The molecule has 3 atom stereocenters. The molecule has 1 N–H and O–H groups in total. The van der Waals surface area contributed by atoms with Gasteiger partial charge in [0.05, 0.1) is 12.7 Å². The highest BCUT2D eigenvalue weighted by Crippen LogP contribution is 2.37.